The van der Waals surface area contributed by atoms with Crippen molar-refractivity contribution in [3.05, 3.63) is 77.5 Å². The summed E-state index contributed by atoms with van der Waals surface area (Å²) in [5.74, 6) is -0.0116. The fourth-order valence-electron chi connectivity index (χ4n) is 3.17. The molecular weight excluding hydrogens is 433 g/mol. The lowest BCUT2D eigenvalue weighted by Gasteiger charge is -2.15. The van der Waals surface area contributed by atoms with E-state index < -0.39 is 11.7 Å². The van der Waals surface area contributed by atoms with E-state index in [4.69, 9.17) is 16.1 Å². The Bertz CT molecular complexity index is 1260. The number of halogens is 2. The maximum atomic E-state index is 15.0. The first kappa shape index (κ1) is 21.5. The summed E-state index contributed by atoms with van der Waals surface area (Å²) in [5.41, 5.74) is 2.28. The maximum Gasteiger partial charge on any atom is 0.228 e. The Kier molecular flexibility index (Phi) is 6.13. The van der Waals surface area contributed by atoms with Gasteiger partial charge in [0.25, 0.3) is 0 Å². The van der Waals surface area contributed by atoms with Crippen LogP contribution in [0, 0.1) is 5.82 Å². The summed E-state index contributed by atoms with van der Waals surface area (Å²) in [6, 6.07) is 11.6. The van der Waals surface area contributed by atoms with Gasteiger partial charge in [-0.1, -0.05) is 35.0 Å². The summed E-state index contributed by atoms with van der Waals surface area (Å²) in [4.78, 5) is 23.2. The van der Waals surface area contributed by atoms with Crippen molar-refractivity contribution in [2.75, 3.05) is 24.3 Å². The lowest BCUT2D eigenvalue weighted by atomic mass is 10.00. The van der Waals surface area contributed by atoms with Crippen molar-refractivity contribution in [3.8, 4) is 22.5 Å². The quantitative estimate of drug-likeness (QED) is 0.451. The normalized spacial score (nSPS) is 10.8. The third kappa shape index (κ3) is 4.60. The summed E-state index contributed by atoms with van der Waals surface area (Å²) in [6.07, 6.45) is 4.55. The highest BCUT2D eigenvalue weighted by Gasteiger charge is 2.18. The van der Waals surface area contributed by atoms with Crippen molar-refractivity contribution in [3.63, 3.8) is 0 Å². The molecule has 2 aromatic heterocycles. The number of hydrogen-bond donors (Lipinski definition) is 1. The van der Waals surface area contributed by atoms with Gasteiger partial charge in [-0.3, -0.25) is 4.79 Å². The Morgan fingerprint density at radius 2 is 2.00 bits per heavy atom. The van der Waals surface area contributed by atoms with Gasteiger partial charge >= 0.3 is 0 Å². The van der Waals surface area contributed by atoms with E-state index in [1.165, 1.54) is 24.6 Å². The molecule has 0 aliphatic rings. The summed E-state index contributed by atoms with van der Waals surface area (Å²) in [7, 11) is 3.70. The Morgan fingerprint density at radius 3 is 2.72 bits per heavy atom. The van der Waals surface area contributed by atoms with Gasteiger partial charge in [0.1, 0.15) is 17.9 Å². The minimum atomic E-state index is -0.619. The lowest BCUT2D eigenvalue weighted by Crippen LogP contribution is -2.16. The average Bonchev–Trinajstić information content (AvgIpc) is 3.31. The van der Waals surface area contributed by atoms with Crippen LogP contribution in [0.3, 0.4) is 0 Å². The number of nitrogens with one attached hydrogen (secondary N) is 1. The number of aromatic nitrogens is 3. The first-order chi connectivity index (χ1) is 15.4. The van der Waals surface area contributed by atoms with Gasteiger partial charge in [0.2, 0.25) is 5.91 Å². The van der Waals surface area contributed by atoms with E-state index in [9.17, 15) is 4.79 Å². The highest BCUT2D eigenvalue weighted by atomic mass is 35.5. The summed E-state index contributed by atoms with van der Waals surface area (Å²) >= 11 is 6.13. The van der Waals surface area contributed by atoms with Crippen molar-refractivity contribution >= 4 is 29.0 Å². The Balaban J connectivity index is 1.71. The predicted octanol–water partition coefficient (Wildman–Crippen LogP) is 4.84. The number of benzene rings is 2. The van der Waals surface area contributed by atoms with Crippen LogP contribution < -0.4 is 10.2 Å². The van der Waals surface area contributed by atoms with Crippen LogP contribution in [0.15, 0.2) is 65.6 Å². The van der Waals surface area contributed by atoms with Crippen molar-refractivity contribution in [2.45, 2.75) is 6.42 Å². The van der Waals surface area contributed by atoms with E-state index in [0.717, 1.165) is 0 Å². The van der Waals surface area contributed by atoms with E-state index >= 15 is 4.39 Å². The molecule has 0 aliphatic heterocycles. The second-order valence-corrected chi connectivity index (χ2v) is 7.65. The molecule has 4 aromatic rings. The highest BCUT2D eigenvalue weighted by molar-refractivity contribution is 6.31. The van der Waals surface area contributed by atoms with Crippen molar-refractivity contribution in [1.82, 2.24) is 15.1 Å². The van der Waals surface area contributed by atoms with E-state index in [1.54, 1.807) is 36.5 Å². The van der Waals surface area contributed by atoms with Crippen LogP contribution in [0.5, 0.6) is 0 Å². The van der Waals surface area contributed by atoms with Crippen LogP contribution in [0.4, 0.5) is 15.9 Å². The smallest absolute Gasteiger partial charge is 0.228 e. The average molecular weight is 452 g/mol. The lowest BCUT2D eigenvalue weighted by molar-refractivity contribution is -0.115. The molecule has 9 heteroatoms. The van der Waals surface area contributed by atoms with Crippen LogP contribution in [0.1, 0.15) is 5.56 Å². The van der Waals surface area contributed by atoms with Crippen LogP contribution in [-0.2, 0) is 11.2 Å². The van der Waals surface area contributed by atoms with Crippen LogP contribution in [-0.4, -0.2) is 35.1 Å². The molecular formula is C23H19ClFN5O2. The Hall–Kier alpha value is -3.78. The zero-order chi connectivity index (χ0) is 22.7. The molecule has 4 rings (SSSR count). The number of anilines is 2. The molecule has 1 amide bonds. The number of carbonyl (C=O) groups is 1. The zero-order valence-corrected chi connectivity index (χ0v) is 18.1. The minimum Gasteiger partial charge on any atom is -0.364 e. The van der Waals surface area contributed by atoms with Gasteiger partial charge in [0.15, 0.2) is 5.82 Å². The highest BCUT2D eigenvalue weighted by Crippen LogP contribution is 2.35. The summed E-state index contributed by atoms with van der Waals surface area (Å²) < 4.78 is 20.0. The van der Waals surface area contributed by atoms with E-state index in [-0.39, 0.29) is 12.1 Å². The fraction of sp³-hybridized carbons (Fsp3) is 0.130. The van der Waals surface area contributed by atoms with Crippen molar-refractivity contribution in [2.24, 2.45) is 0 Å². The van der Waals surface area contributed by atoms with Gasteiger partial charge in [-0.05, 0) is 35.4 Å². The number of nitrogens with zero attached hydrogens (tertiary/aromatic N) is 4. The summed E-state index contributed by atoms with van der Waals surface area (Å²) in [5, 5.41) is 6.84. The topological polar surface area (TPSA) is 84.2 Å². The SMILES string of the molecule is CN(C)c1ccnc(-c2cc(F)c(NC(=O)Cc3ccccc3Cl)cc2-c2cnoc2)n1. The molecule has 2 heterocycles. The largest absolute Gasteiger partial charge is 0.364 e. The third-order valence-electron chi connectivity index (χ3n) is 4.77. The minimum absolute atomic E-state index is 0.0114. The van der Waals surface area contributed by atoms with E-state index in [1.807, 2.05) is 19.0 Å². The molecule has 0 radical (unpaired) electrons. The predicted molar refractivity (Wildman–Crippen MR) is 121 cm³/mol. The Labute approximate surface area is 188 Å². The summed E-state index contributed by atoms with van der Waals surface area (Å²) in [6.45, 7) is 0. The van der Waals surface area contributed by atoms with Gasteiger partial charge < -0.3 is 14.7 Å². The monoisotopic (exact) mass is 451 g/mol. The standard InChI is InChI=1S/C23H19ClFN5O2/c1-30(2)21-7-8-26-23(29-21)17-10-19(25)20(11-16(17)15-12-27-32-13-15)28-22(31)9-14-5-3-4-6-18(14)24/h3-8,10-13H,9H2,1-2H3,(H,28,31). The third-order valence-corrected chi connectivity index (χ3v) is 5.14. The molecule has 162 valence electrons. The first-order valence-electron chi connectivity index (χ1n) is 9.69. The molecule has 32 heavy (non-hydrogen) atoms. The van der Waals surface area contributed by atoms with Gasteiger partial charge in [-0.2, -0.15) is 0 Å². The molecule has 7 nitrogen and oxygen atoms in total. The molecule has 0 atom stereocenters. The molecule has 0 aliphatic carbocycles. The number of amides is 1. The molecule has 0 unspecified atom stereocenters. The number of rotatable bonds is 6. The molecule has 0 fully saturated rings. The van der Waals surface area contributed by atoms with E-state index in [0.29, 0.717) is 38.9 Å². The second-order valence-electron chi connectivity index (χ2n) is 7.24. The molecule has 0 spiro atoms. The van der Waals surface area contributed by atoms with Crippen LogP contribution in [0.2, 0.25) is 5.02 Å². The number of hydrogen-bond acceptors (Lipinski definition) is 6. The molecule has 1 N–H and O–H groups in total. The van der Waals surface area contributed by atoms with Gasteiger partial charge in [-0.25, -0.2) is 14.4 Å². The molecule has 0 saturated carbocycles. The second kappa shape index (κ2) is 9.15. The molecule has 0 saturated heterocycles. The Morgan fingerprint density at radius 1 is 1.19 bits per heavy atom. The van der Waals surface area contributed by atoms with Crippen molar-refractivity contribution in [1.29, 1.82) is 0 Å². The maximum absolute atomic E-state index is 15.0. The van der Waals surface area contributed by atoms with Gasteiger partial charge in [-0.15, -0.1) is 0 Å². The molecule has 2 aromatic carbocycles. The first-order valence-corrected chi connectivity index (χ1v) is 10.1. The van der Waals surface area contributed by atoms with Crippen LogP contribution >= 0.6 is 11.6 Å². The van der Waals surface area contributed by atoms with Crippen LogP contribution in [0.25, 0.3) is 22.5 Å². The molecule has 0 bridgehead atoms. The zero-order valence-electron chi connectivity index (χ0n) is 17.3. The van der Waals surface area contributed by atoms with Gasteiger partial charge in [0, 0.05) is 36.4 Å². The van der Waals surface area contributed by atoms with E-state index in [2.05, 4.69) is 20.4 Å². The van der Waals surface area contributed by atoms with Crippen molar-refractivity contribution < 1.29 is 13.7 Å². The number of carbonyl (C=O) groups excluding carboxylic acids is 1. The van der Waals surface area contributed by atoms with Gasteiger partial charge in [0.05, 0.1) is 18.3 Å². The fourth-order valence-corrected chi connectivity index (χ4v) is 3.37.